The summed E-state index contributed by atoms with van der Waals surface area (Å²) in [6, 6.07) is 10.6. The first-order valence-corrected chi connectivity index (χ1v) is 6.44. The number of alkyl halides is 1. The van der Waals surface area contributed by atoms with Crippen LogP contribution in [0.25, 0.3) is 0 Å². The van der Waals surface area contributed by atoms with Gasteiger partial charge in [-0.25, -0.2) is 4.98 Å². The molecule has 0 bridgehead atoms. The molecular formula is C14H17ClN2. The molecule has 0 aliphatic heterocycles. The molecule has 2 nitrogen and oxygen atoms in total. The zero-order chi connectivity index (χ0) is 12.1. The standard InChI is InChI=1S/C14H17ClN2/c1-12(13-5-3-2-4-6-13)7-8-17-11-16-10-14(17)9-15/h2-6,10-12H,7-9H2,1H3. The van der Waals surface area contributed by atoms with Crippen LogP contribution < -0.4 is 0 Å². The summed E-state index contributed by atoms with van der Waals surface area (Å²) in [6.45, 7) is 3.23. The van der Waals surface area contributed by atoms with E-state index in [1.807, 2.05) is 12.5 Å². The Balaban J connectivity index is 1.95. The Morgan fingerprint density at radius 1 is 1.29 bits per heavy atom. The second kappa shape index (κ2) is 5.87. The van der Waals surface area contributed by atoms with Gasteiger partial charge in [-0.15, -0.1) is 11.6 Å². The van der Waals surface area contributed by atoms with Gasteiger partial charge in [0.2, 0.25) is 0 Å². The van der Waals surface area contributed by atoms with Crippen LogP contribution in [0, 0.1) is 0 Å². The number of nitrogens with zero attached hydrogens (tertiary/aromatic N) is 2. The zero-order valence-corrected chi connectivity index (χ0v) is 10.8. The molecule has 1 atom stereocenters. The highest BCUT2D eigenvalue weighted by molar-refractivity contribution is 6.16. The third-order valence-corrected chi connectivity index (χ3v) is 3.38. The second-order valence-electron chi connectivity index (χ2n) is 4.31. The summed E-state index contributed by atoms with van der Waals surface area (Å²) in [5.41, 5.74) is 2.48. The zero-order valence-electron chi connectivity index (χ0n) is 10.0. The van der Waals surface area contributed by atoms with Crippen LogP contribution in [0.15, 0.2) is 42.9 Å². The largest absolute Gasteiger partial charge is 0.333 e. The van der Waals surface area contributed by atoms with Gasteiger partial charge in [0.25, 0.3) is 0 Å². The van der Waals surface area contributed by atoms with E-state index in [1.54, 1.807) is 0 Å². The lowest BCUT2D eigenvalue weighted by molar-refractivity contribution is 0.566. The Morgan fingerprint density at radius 2 is 2.06 bits per heavy atom. The fourth-order valence-electron chi connectivity index (χ4n) is 1.94. The first-order chi connectivity index (χ1) is 8.31. The molecule has 0 aliphatic carbocycles. The quantitative estimate of drug-likeness (QED) is 0.736. The van der Waals surface area contributed by atoms with E-state index >= 15 is 0 Å². The molecule has 0 saturated carbocycles. The monoisotopic (exact) mass is 248 g/mol. The van der Waals surface area contributed by atoms with Crippen molar-refractivity contribution in [2.24, 2.45) is 0 Å². The molecule has 0 radical (unpaired) electrons. The summed E-state index contributed by atoms with van der Waals surface area (Å²) in [5.74, 6) is 1.08. The van der Waals surface area contributed by atoms with Crippen molar-refractivity contribution in [3.05, 3.63) is 54.1 Å². The van der Waals surface area contributed by atoms with Gasteiger partial charge in [0, 0.05) is 12.7 Å². The Kier molecular flexibility index (Phi) is 4.21. The average molecular weight is 249 g/mol. The van der Waals surface area contributed by atoms with Gasteiger partial charge in [0.1, 0.15) is 0 Å². The molecule has 90 valence electrons. The van der Waals surface area contributed by atoms with Crippen LogP contribution >= 0.6 is 11.6 Å². The van der Waals surface area contributed by atoms with Gasteiger partial charge < -0.3 is 4.57 Å². The molecule has 0 saturated heterocycles. The van der Waals surface area contributed by atoms with Crippen LogP contribution in [0.4, 0.5) is 0 Å². The number of rotatable bonds is 5. The summed E-state index contributed by atoms with van der Waals surface area (Å²) in [4.78, 5) is 4.12. The molecule has 3 heteroatoms. The van der Waals surface area contributed by atoms with Crippen LogP contribution in [-0.4, -0.2) is 9.55 Å². The maximum Gasteiger partial charge on any atom is 0.0948 e. The van der Waals surface area contributed by atoms with Crippen molar-refractivity contribution in [3.63, 3.8) is 0 Å². The van der Waals surface area contributed by atoms with Crippen molar-refractivity contribution in [2.45, 2.75) is 31.7 Å². The first-order valence-electron chi connectivity index (χ1n) is 5.91. The number of halogens is 1. The highest BCUT2D eigenvalue weighted by Crippen LogP contribution is 2.19. The van der Waals surface area contributed by atoms with E-state index in [1.165, 1.54) is 5.56 Å². The van der Waals surface area contributed by atoms with Gasteiger partial charge in [-0.2, -0.15) is 0 Å². The van der Waals surface area contributed by atoms with E-state index in [0.717, 1.165) is 18.7 Å². The summed E-state index contributed by atoms with van der Waals surface area (Å²) < 4.78 is 2.13. The number of aromatic nitrogens is 2. The lowest BCUT2D eigenvalue weighted by Gasteiger charge is -2.13. The van der Waals surface area contributed by atoms with E-state index in [-0.39, 0.29) is 0 Å². The molecule has 0 N–H and O–H groups in total. The van der Waals surface area contributed by atoms with Crippen LogP contribution in [0.2, 0.25) is 0 Å². The van der Waals surface area contributed by atoms with Gasteiger partial charge in [0.05, 0.1) is 17.9 Å². The topological polar surface area (TPSA) is 17.8 Å². The lowest BCUT2D eigenvalue weighted by Crippen LogP contribution is -2.04. The van der Waals surface area contributed by atoms with Gasteiger partial charge >= 0.3 is 0 Å². The van der Waals surface area contributed by atoms with Gasteiger partial charge in [-0.1, -0.05) is 37.3 Å². The molecule has 0 fully saturated rings. The van der Waals surface area contributed by atoms with E-state index in [0.29, 0.717) is 11.8 Å². The molecule has 1 aromatic heterocycles. The molecule has 0 amide bonds. The molecule has 17 heavy (non-hydrogen) atoms. The van der Waals surface area contributed by atoms with Crippen molar-refractivity contribution in [2.75, 3.05) is 0 Å². The summed E-state index contributed by atoms with van der Waals surface area (Å²) in [7, 11) is 0. The highest BCUT2D eigenvalue weighted by Gasteiger charge is 2.06. The van der Waals surface area contributed by atoms with Crippen LogP contribution in [-0.2, 0) is 12.4 Å². The molecule has 1 aromatic carbocycles. The maximum atomic E-state index is 5.84. The Bertz CT molecular complexity index is 450. The van der Waals surface area contributed by atoms with Crippen molar-refractivity contribution in [1.29, 1.82) is 0 Å². The van der Waals surface area contributed by atoms with Gasteiger partial charge in [-0.3, -0.25) is 0 Å². The Hall–Kier alpha value is -1.28. The Morgan fingerprint density at radius 3 is 2.76 bits per heavy atom. The molecule has 1 heterocycles. The van der Waals surface area contributed by atoms with E-state index in [4.69, 9.17) is 11.6 Å². The molecule has 2 rings (SSSR count). The SMILES string of the molecule is CC(CCn1cncc1CCl)c1ccccc1. The van der Waals surface area contributed by atoms with Crippen molar-refractivity contribution < 1.29 is 0 Å². The third-order valence-electron chi connectivity index (χ3n) is 3.11. The smallest absolute Gasteiger partial charge is 0.0948 e. The first kappa shape index (κ1) is 12.2. The summed E-state index contributed by atoms with van der Waals surface area (Å²) in [6.07, 6.45) is 4.79. The van der Waals surface area contributed by atoms with Crippen LogP contribution in [0.3, 0.4) is 0 Å². The second-order valence-corrected chi connectivity index (χ2v) is 4.58. The minimum Gasteiger partial charge on any atom is -0.333 e. The van der Waals surface area contributed by atoms with Gasteiger partial charge in [0.15, 0.2) is 0 Å². The fourth-order valence-corrected chi connectivity index (χ4v) is 2.16. The normalized spacial score (nSPS) is 12.6. The third kappa shape index (κ3) is 3.10. The fraction of sp³-hybridized carbons (Fsp3) is 0.357. The van der Waals surface area contributed by atoms with E-state index < -0.39 is 0 Å². The predicted molar refractivity (Wildman–Crippen MR) is 71.3 cm³/mol. The van der Waals surface area contributed by atoms with Crippen molar-refractivity contribution >= 4 is 11.6 Å². The minimum absolute atomic E-state index is 0.527. The number of benzene rings is 1. The molecule has 0 aliphatic rings. The summed E-state index contributed by atoms with van der Waals surface area (Å²) in [5, 5.41) is 0. The van der Waals surface area contributed by atoms with Gasteiger partial charge in [-0.05, 0) is 17.9 Å². The lowest BCUT2D eigenvalue weighted by atomic mass is 9.98. The van der Waals surface area contributed by atoms with E-state index in [2.05, 4.69) is 46.8 Å². The van der Waals surface area contributed by atoms with Crippen molar-refractivity contribution in [3.8, 4) is 0 Å². The molecule has 0 spiro atoms. The Labute approximate surface area is 107 Å². The van der Waals surface area contributed by atoms with Crippen molar-refractivity contribution in [1.82, 2.24) is 9.55 Å². The molecule has 1 unspecified atom stereocenters. The van der Waals surface area contributed by atoms with Crippen LogP contribution in [0.1, 0.15) is 30.5 Å². The minimum atomic E-state index is 0.527. The maximum absolute atomic E-state index is 5.84. The number of imidazole rings is 1. The molecular weight excluding hydrogens is 232 g/mol. The van der Waals surface area contributed by atoms with Crippen LogP contribution in [0.5, 0.6) is 0 Å². The summed E-state index contributed by atoms with van der Waals surface area (Å²) >= 11 is 5.84. The predicted octanol–water partition coefficient (Wildman–Crippen LogP) is 3.82. The number of hydrogen-bond acceptors (Lipinski definition) is 1. The number of aryl methyl sites for hydroxylation is 1. The number of hydrogen-bond donors (Lipinski definition) is 0. The van der Waals surface area contributed by atoms with E-state index in [9.17, 15) is 0 Å². The molecule has 2 aromatic rings. The highest BCUT2D eigenvalue weighted by atomic mass is 35.5. The average Bonchev–Trinajstić information content (AvgIpc) is 2.84.